The molecule has 2 aromatic rings. The molecule has 0 atom stereocenters. The van der Waals surface area contributed by atoms with E-state index in [2.05, 4.69) is 9.72 Å². The number of carbonyl (C=O) groups is 1. The number of benzene rings is 1. The van der Waals surface area contributed by atoms with Crippen LogP contribution >= 0.6 is 0 Å². The van der Waals surface area contributed by atoms with Crippen LogP contribution in [-0.4, -0.2) is 11.5 Å². The van der Waals surface area contributed by atoms with Crippen molar-refractivity contribution in [3.8, 4) is 17.4 Å². The summed E-state index contributed by atoms with van der Waals surface area (Å²) in [5, 5.41) is 0. The maximum Gasteiger partial charge on any atom is 0.401 e. The van der Waals surface area contributed by atoms with Crippen LogP contribution in [0.15, 0.2) is 34.9 Å². The van der Waals surface area contributed by atoms with Crippen molar-refractivity contribution in [1.82, 2.24) is 4.98 Å². The highest BCUT2D eigenvalue weighted by atomic mass is 19.1. The summed E-state index contributed by atoms with van der Waals surface area (Å²) in [6, 6.07) is 6.08. The first kappa shape index (κ1) is 9.39. The number of oxazole rings is 1. The molecule has 5 heteroatoms. The van der Waals surface area contributed by atoms with E-state index in [1.165, 1.54) is 12.3 Å². The Hall–Kier alpha value is -2.17. The van der Waals surface area contributed by atoms with Gasteiger partial charge in [-0.3, -0.25) is 4.79 Å². The molecule has 76 valence electrons. The van der Waals surface area contributed by atoms with Crippen LogP contribution in [0.3, 0.4) is 0 Å². The van der Waals surface area contributed by atoms with Gasteiger partial charge in [-0.15, -0.1) is 0 Å². The molecule has 0 spiro atoms. The number of rotatable bonds is 3. The Morgan fingerprint density at radius 3 is 2.93 bits per heavy atom. The number of aromatic nitrogens is 1. The molecule has 0 radical (unpaired) electrons. The first-order chi connectivity index (χ1) is 7.31. The van der Waals surface area contributed by atoms with Gasteiger partial charge in [0.1, 0.15) is 5.82 Å². The lowest BCUT2D eigenvalue weighted by molar-refractivity contribution is -0.122. The minimum absolute atomic E-state index is 0.191. The second-order valence-corrected chi connectivity index (χ2v) is 2.68. The first-order valence-corrected chi connectivity index (χ1v) is 4.12. The third-order valence-electron chi connectivity index (χ3n) is 1.77. The largest absolute Gasteiger partial charge is 0.409 e. The Labute approximate surface area is 84.3 Å². The lowest BCUT2D eigenvalue weighted by Crippen LogP contribution is -1.86. The van der Waals surface area contributed by atoms with Gasteiger partial charge in [0.15, 0.2) is 5.76 Å². The summed E-state index contributed by atoms with van der Waals surface area (Å²) in [7, 11) is 0. The quantitative estimate of drug-likeness (QED) is 0.722. The fourth-order valence-electron chi connectivity index (χ4n) is 1.14. The van der Waals surface area contributed by atoms with Crippen molar-refractivity contribution in [1.29, 1.82) is 0 Å². The Balaban J connectivity index is 2.37. The second kappa shape index (κ2) is 3.91. The Morgan fingerprint density at radius 2 is 2.20 bits per heavy atom. The summed E-state index contributed by atoms with van der Waals surface area (Å²) in [6.45, 7) is 0.191. The fourth-order valence-corrected chi connectivity index (χ4v) is 1.14. The molecule has 0 aliphatic carbocycles. The molecule has 1 heterocycles. The molecule has 0 fully saturated rings. The van der Waals surface area contributed by atoms with Crippen molar-refractivity contribution in [2.75, 3.05) is 0 Å². The summed E-state index contributed by atoms with van der Waals surface area (Å²) < 4.78 is 22.6. The zero-order valence-electron chi connectivity index (χ0n) is 7.51. The number of carbonyl (C=O) groups excluding carboxylic acids is 1. The van der Waals surface area contributed by atoms with Crippen molar-refractivity contribution in [3.63, 3.8) is 0 Å². The minimum atomic E-state index is -0.425. The average molecular weight is 207 g/mol. The Bertz CT molecular complexity index is 481. The summed E-state index contributed by atoms with van der Waals surface area (Å²) >= 11 is 0. The molecule has 0 unspecified atom stereocenters. The van der Waals surface area contributed by atoms with E-state index in [9.17, 15) is 9.18 Å². The molecule has 0 bridgehead atoms. The van der Waals surface area contributed by atoms with E-state index in [0.717, 1.165) is 0 Å². The van der Waals surface area contributed by atoms with Crippen LogP contribution < -0.4 is 4.74 Å². The maximum atomic E-state index is 13.3. The van der Waals surface area contributed by atoms with Crippen LogP contribution in [-0.2, 0) is 4.79 Å². The smallest absolute Gasteiger partial charge is 0.401 e. The van der Waals surface area contributed by atoms with Gasteiger partial charge in [-0.25, -0.2) is 4.39 Å². The molecule has 4 nitrogen and oxygen atoms in total. The van der Waals surface area contributed by atoms with Gasteiger partial charge in [-0.1, -0.05) is 12.1 Å². The predicted molar refractivity (Wildman–Crippen MR) is 48.6 cm³/mol. The molecule has 1 aromatic carbocycles. The Kier molecular flexibility index (Phi) is 2.45. The summed E-state index contributed by atoms with van der Waals surface area (Å²) in [4.78, 5) is 13.6. The lowest BCUT2D eigenvalue weighted by Gasteiger charge is -1.96. The van der Waals surface area contributed by atoms with E-state index in [1.54, 1.807) is 18.2 Å². The van der Waals surface area contributed by atoms with E-state index >= 15 is 0 Å². The number of nitrogens with zero attached hydrogens (tertiary/aromatic N) is 1. The van der Waals surface area contributed by atoms with Gasteiger partial charge in [0, 0.05) is 0 Å². The molecule has 1 aromatic heterocycles. The average Bonchev–Trinajstić information content (AvgIpc) is 2.68. The monoisotopic (exact) mass is 207 g/mol. The van der Waals surface area contributed by atoms with Crippen LogP contribution in [0, 0.1) is 5.82 Å². The van der Waals surface area contributed by atoms with E-state index in [1.807, 2.05) is 0 Å². The summed E-state index contributed by atoms with van der Waals surface area (Å²) in [5.74, 6) is -0.212. The fraction of sp³-hybridized carbons (Fsp3) is 0. The highest BCUT2D eigenvalue weighted by Gasteiger charge is 2.10. The highest BCUT2D eigenvalue weighted by Crippen LogP contribution is 2.25. The Morgan fingerprint density at radius 1 is 1.40 bits per heavy atom. The van der Waals surface area contributed by atoms with Gasteiger partial charge in [0.2, 0.25) is 0 Å². The van der Waals surface area contributed by atoms with Crippen molar-refractivity contribution < 1.29 is 18.3 Å². The lowest BCUT2D eigenvalue weighted by atomic mass is 10.2. The summed E-state index contributed by atoms with van der Waals surface area (Å²) in [6.07, 6.45) is 1.08. The van der Waals surface area contributed by atoms with Gasteiger partial charge in [-0.05, 0) is 12.1 Å². The molecule has 15 heavy (non-hydrogen) atoms. The van der Waals surface area contributed by atoms with E-state index in [0.29, 0.717) is 0 Å². The molecule has 0 amide bonds. The number of hydrogen-bond acceptors (Lipinski definition) is 4. The van der Waals surface area contributed by atoms with Crippen molar-refractivity contribution in [3.05, 3.63) is 36.3 Å². The van der Waals surface area contributed by atoms with Gasteiger partial charge in [0.25, 0.3) is 0 Å². The zero-order valence-corrected chi connectivity index (χ0v) is 7.51. The molecular formula is C10H6FNO3. The third kappa shape index (κ3) is 1.85. The van der Waals surface area contributed by atoms with E-state index < -0.39 is 5.82 Å². The van der Waals surface area contributed by atoms with E-state index in [-0.39, 0.29) is 23.9 Å². The molecule has 0 N–H and O–H groups in total. The standard InChI is InChI=1S/C10H6FNO3/c11-8-4-2-1-3-7(8)9-5-12-10(15-9)14-6-13/h1-6H. The van der Waals surface area contributed by atoms with Crippen LogP contribution in [0.4, 0.5) is 4.39 Å². The van der Waals surface area contributed by atoms with Gasteiger partial charge in [0.05, 0.1) is 11.8 Å². The van der Waals surface area contributed by atoms with Crippen LogP contribution in [0.2, 0.25) is 0 Å². The van der Waals surface area contributed by atoms with Crippen molar-refractivity contribution >= 4 is 6.47 Å². The molecule has 0 saturated carbocycles. The van der Waals surface area contributed by atoms with Gasteiger partial charge < -0.3 is 9.15 Å². The number of ether oxygens (including phenoxy) is 1. The topological polar surface area (TPSA) is 52.3 Å². The minimum Gasteiger partial charge on any atom is -0.409 e. The maximum absolute atomic E-state index is 13.3. The molecule has 0 aliphatic rings. The second-order valence-electron chi connectivity index (χ2n) is 2.68. The van der Waals surface area contributed by atoms with Crippen LogP contribution in [0.25, 0.3) is 11.3 Å². The third-order valence-corrected chi connectivity index (χ3v) is 1.77. The van der Waals surface area contributed by atoms with Gasteiger partial charge >= 0.3 is 12.5 Å². The van der Waals surface area contributed by atoms with Crippen LogP contribution in [0.5, 0.6) is 6.08 Å². The number of halogens is 1. The normalized spacial score (nSPS) is 9.93. The molecule has 0 aliphatic heterocycles. The van der Waals surface area contributed by atoms with E-state index in [4.69, 9.17) is 4.42 Å². The molecule has 2 rings (SSSR count). The predicted octanol–water partition coefficient (Wildman–Crippen LogP) is 2.02. The number of hydrogen-bond donors (Lipinski definition) is 0. The first-order valence-electron chi connectivity index (χ1n) is 4.12. The highest BCUT2D eigenvalue weighted by molar-refractivity contribution is 5.57. The zero-order chi connectivity index (χ0) is 10.7. The molecular weight excluding hydrogens is 201 g/mol. The molecule has 0 saturated heterocycles. The van der Waals surface area contributed by atoms with Gasteiger partial charge in [-0.2, -0.15) is 4.98 Å². The van der Waals surface area contributed by atoms with Crippen molar-refractivity contribution in [2.24, 2.45) is 0 Å². The summed E-state index contributed by atoms with van der Waals surface area (Å²) in [5.41, 5.74) is 0.269. The van der Waals surface area contributed by atoms with Crippen LogP contribution in [0.1, 0.15) is 0 Å². The SMILES string of the molecule is O=COc1ncc(-c2ccccc2F)o1. The van der Waals surface area contributed by atoms with Crippen molar-refractivity contribution in [2.45, 2.75) is 0 Å².